The first-order chi connectivity index (χ1) is 13.2. The number of carbonyl (C=O) groups is 1. The molecule has 0 saturated heterocycles. The van der Waals surface area contributed by atoms with Gasteiger partial charge >= 0.3 is 0 Å². The molecule has 1 amide bonds. The molecule has 0 saturated carbocycles. The van der Waals surface area contributed by atoms with Gasteiger partial charge in [0.1, 0.15) is 5.70 Å². The van der Waals surface area contributed by atoms with Crippen LogP contribution in [0.5, 0.6) is 0 Å². The summed E-state index contributed by atoms with van der Waals surface area (Å²) in [5.41, 5.74) is 1.54. The number of thioether (sulfide) groups is 1. The van der Waals surface area contributed by atoms with Crippen molar-refractivity contribution in [1.29, 1.82) is 0 Å². The van der Waals surface area contributed by atoms with E-state index in [1.165, 1.54) is 0 Å². The van der Waals surface area contributed by atoms with Crippen LogP contribution in [0.3, 0.4) is 0 Å². The fourth-order valence-corrected chi connectivity index (χ4v) is 4.26. The van der Waals surface area contributed by atoms with Crippen LogP contribution in [0, 0.1) is 0 Å². The number of para-hydroxylation sites is 1. The van der Waals surface area contributed by atoms with E-state index in [9.17, 15) is 4.79 Å². The molecule has 27 heavy (non-hydrogen) atoms. The van der Waals surface area contributed by atoms with Gasteiger partial charge in [-0.05, 0) is 30.2 Å². The van der Waals surface area contributed by atoms with Crippen LogP contribution in [0.1, 0.15) is 31.5 Å². The molecule has 0 bridgehead atoms. The van der Waals surface area contributed by atoms with Gasteiger partial charge < -0.3 is 0 Å². The van der Waals surface area contributed by atoms with Crippen molar-refractivity contribution in [3.8, 4) is 0 Å². The van der Waals surface area contributed by atoms with E-state index in [1.807, 2.05) is 48.5 Å². The molecule has 0 unspecified atom stereocenters. The van der Waals surface area contributed by atoms with Gasteiger partial charge in [-0.15, -0.1) is 5.10 Å². The first-order valence-corrected chi connectivity index (χ1v) is 10.7. The summed E-state index contributed by atoms with van der Waals surface area (Å²) >= 11 is 5.05. The zero-order valence-corrected chi connectivity index (χ0v) is 17.3. The maximum atomic E-state index is 12.9. The Balaban J connectivity index is 1.83. The third-order valence-corrected chi connectivity index (χ3v) is 5.90. The molecule has 2 aromatic carbocycles. The van der Waals surface area contributed by atoms with Gasteiger partial charge in [0.05, 0.1) is 5.36 Å². The van der Waals surface area contributed by atoms with E-state index in [1.54, 1.807) is 16.8 Å². The molecular formula is C20H19BrN4OS. The van der Waals surface area contributed by atoms with Crippen molar-refractivity contribution in [2.45, 2.75) is 25.9 Å². The smallest absolute Gasteiger partial charge is 0.276 e. The molecule has 0 aromatic heterocycles. The average Bonchev–Trinajstić information content (AvgIpc) is 2.68. The van der Waals surface area contributed by atoms with Crippen LogP contribution in [0.15, 0.2) is 63.1 Å². The summed E-state index contributed by atoms with van der Waals surface area (Å²) in [6, 6.07) is 15.7. The van der Waals surface area contributed by atoms with Gasteiger partial charge in [-0.3, -0.25) is 15.1 Å². The number of amides is 1. The monoisotopic (exact) mass is 442 g/mol. The number of rotatable bonds is 4. The zero-order chi connectivity index (χ0) is 18.8. The van der Waals surface area contributed by atoms with E-state index in [4.69, 9.17) is 10.1 Å². The van der Waals surface area contributed by atoms with Gasteiger partial charge in [-0.1, -0.05) is 71.4 Å². The van der Waals surface area contributed by atoms with Crippen LogP contribution in [0.25, 0.3) is 5.70 Å². The predicted octanol–water partition coefficient (Wildman–Crippen LogP) is 3.13. The summed E-state index contributed by atoms with van der Waals surface area (Å²) < 4.78 is 1.00. The van der Waals surface area contributed by atoms with Crippen molar-refractivity contribution < 1.29 is 4.79 Å². The van der Waals surface area contributed by atoms with Crippen LogP contribution in [0.2, 0.25) is 0 Å². The number of hydrogen-bond donors (Lipinski definition) is 1. The maximum absolute atomic E-state index is 12.9. The second-order valence-corrected chi connectivity index (χ2v) is 8.33. The predicted molar refractivity (Wildman–Crippen MR) is 112 cm³/mol. The highest BCUT2D eigenvalue weighted by atomic mass is 79.9. The molecular weight excluding hydrogens is 424 g/mol. The lowest BCUT2D eigenvalue weighted by Crippen LogP contribution is -2.50. The van der Waals surface area contributed by atoms with E-state index in [0.29, 0.717) is 10.9 Å². The average molecular weight is 443 g/mol. The Kier molecular flexibility index (Phi) is 5.31. The Bertz CT molecular complexity index is 1020. The third-order valence-electron chi connectivity index (χ3n) is 4.42. The largest absolute Gasteiger partial charge is 0.298 e. The molecule has 0 spiro atoms. The second kappa shape index (κ2) is 7.86. The summed E-state index contributed by atoms with van der Waals surface area (Å²) in [5.74, 6) is 0.795. The Morgan fingerprint density at radius 3 is 2.74 bits per heavy atom. The van der Waals surface area contributed by atoms with E-state index in [0.717, 1.165) is 39.2 Å². The van der Waals surface area contributed by atoms with Crippen molar-refractivity contribution in [2.75, 3.05) is 5.75 Å². The summed E-state index contributed by atoms with van der Waals surface area (Å²) in [5, 5.41) is 11.7. The minimum absolute atomic E-state index is 0.131. The van der Waals surface area contributed by atoms with Crippen LogP contribution >= 0.6 is 27.7 Å². The number of fused-ring (bicyclic) bond motifs is 2. The molecule has 0 aliphatic carbocycles. The molecule has 138 valence electrons. The molecule has 0 fully saturated rings. The lowest BCUT2D eigenvalue weighted by molar-refractivity contribution is -0.116. The molecule has 2 aromatic rings. The van der Waals surface area contributed by atoms with Crippen LogP contribution < -0.4 is 15.9 Å². The number of unbranched alkanes of at least 4 members (excludes halogenated alkanes) is 1. The van der Waals surface area contributed by atoms with Gasteiger partial charge in [-0.25, -0.2) is 5.01 Å². The third kappa shape index (κ3) is 3.66. The quantitative estimate of drug-likeness (QED) is 0.739. The lowest BCUT2D eigenvalue weighted by atomic mass is 10.1. The molecule has 2 aliphatic heterocycles. The first kappa shape index (κ1) is 18.3. The Morgan fingerprint density at radius 1 is 1.19 bits per heavy atom. The van der Waals surface area contributed by atoms with Gasteiger partial charge in [0.25, 0.3) is 5.91 Å². The van der Waals surface area contributed by atoms with Crippen molar-refractivity contribution in [3.05, 3.63) is 69.1 Å². The van der Waals surface area contributed by atoms with Crippen molar-refractivity contribution in [3.63, 3.8) is 0 Å². The number of amidine groups is 1. The van der Waals surface area contributed by atoms with E-state index in [-0.39, 0.29) is 12.1 Å². The Labute approximate surface area is 170 Å². The fraction of sp³-hybridized carbons (Fsp3) is 0.250. The van der Waals surface area contributed by atoms with Gasteiger partial charge in [0, 0.05) is 15.4 Å². The number of halogens is 1. The Hall–Kier alpha value is -2.12. The SMILES string of the molecule is CCCCSC1=NN2C(=c3ccccc3=N[C@@H]2c2ccc(Br)cc2)C(=O)N1. The minimum atomic E-state index is -0.365. The number of hydrogen-bond acceptors (Lipinski definition) is 5. The zero-order valence-electron chi connectivity index (χ0n) is 14.9. The summed E-state index contributed by atoms with van der Waals surface area (Å²) in [6.07, 6.45) is 1.83. The van der Waals surface area contributed by atoms with Gasteiger partial charge in [0.2, 0.25) is 0 Å². The van der Waals surface area contributed by atoms with E-state index in [2.05, 4.69) is 28.2 Å². The fourth-order valence-electron chi connectivity index (χ4n) is 3.06. The molecule has 0 radical (unpaired) electrons. The lowest BCUT2D eigenvalue weighted by Gasteiger charge is -2.34. The van der Waals surface area contributed by atoms with Crippen LogP contribution in [0.4, 0.5) is 0 Å². The number of nitrogens with zero attached hydrogens (tertiary/aromatic N) is 3. The molecule has 1 N–H and O–H groups in total. The Morgan fingerprint density at radius 2 is 1.96 bits per heavy atom. The number of hydrazone groups is 1. The van der Waals surface area contributed by atoms with E-state index >= 15 is 0 Å². The standard InChI is InChI=1S/C20H19BrN4OS/c1-2-3-12-27-20-23-19(26)17-15-6-4-5-7-16(15)22-18(25(17)24-20)13-8-10-14(21)11-9-13/h4-11,18H,2-3,12H2,1H3,(H,23,24,26)/t18-/m0/s1. The molecule has 2 aliphatic rings. The minimum Gasteiger partial charge on any atom is -0.298 e. The molecule has 7 heteroatoms. The van der Waals surface area contributed by atoms with Gasteiger partial charge in [0.15, 0.2) is 11.3 Å². The van der Waals surface area contributed by atoms with Crippen molar-refractivity contribution in [1.82, 2.24) is 10.3 Å². The molecule has 1 atom stereocenters. The highest BCUT2D eigenvalue weighted by Crippen LogP contribution is 2.31. The van der Waals surface area contributed by atoms with Crippen LogP contribution in [-0.4, -0.2) is 21.8 Å². The molecule has 5 nitrogen and oxygen atoms in total. The number of benzene rings is 2. The first-order valence-electron chi connectivity index (χ1n) is 8.92. The summed E-state index contributed by atoms with van der Waals surface area (Å²) in [7, 11) is 0. The molecule has 2 heterocycles. The van der Waals surface area contributed by atoms with Gasteiger partial charge in [-0.2, -0.15) is 0 Å². The number of carbonyl (C=O) groups excluding carboxylic acids is 1. The summed E-state index contributed by atoms with van der Waals surface area (Å²) in [4.78, 5) is 17.8. The van der Waals surface area contributed by atoms with E-state index < -0.39 is 0 Å². The highest BCUT2D eigenvalue weighted by Gasteiger charge is 2.34. The summed E-state index contributed by atoms with van der Waals surface area (Å²) in [6.45, 7) is 2.15. The van der Waals surface area contributed by atoms with Crippen LogP contribution in [-0.2, 0) is 4.79 Å². The molecule has 4 rings (SSSR count). The van der Waals surface area contributed by atoms with Crippen molar-refractivity contribution in [2.24, 2.45) is 10.1 Å². The second-order valence-electron chi connectivity index (χ2n) is 6.33. The topological polar surface area (TPSA) is 57.1 Å². The van der Waals surface area contributed by atoms with Crippen molar-refractivity contribution >= 4 is 44.5 Å². The maximum Gasteiger partial charge on any atom is 0.276 e. The number of nitrogens with one attached hydrogen (secondary N) is 1. The normalized spacial score (nSPS) is 18.2. The highest BCUT2D eigenvalue weighted by molar-refractivity contribution is 9.10.